The number of halogens is 3. The Balaban J connectivity index is 3.47. The number of carboxylic acid groups (broad SMARTS) is 1. The van der Waals surface area contributed by atoms with E-state index in [0.717, 1.165) is 6.07 Å². The standard InChI is InChI=1S/C9H8ClF2NO2/c1-4-2-5(8(11)12)7(9(14)15)6(3-10)13-4/h2,8H,3H2,1H3,(H,14,15). The molecule has 0 spiro atoms. The summed E-state index contributed by atoms with van der Waals surface area (Å²) in [5.41, 5.74) is -0.735. The SMILES string of the molecule is Cc1cc(C(F)F)c(C(=O)O)c(CCl)n1. The molecule has 0 radical (unpaired) electrons. The van der Waals surface area contributed by atoms with Gasteiger partial charge in [0.05, 0.1) is 17.1 Å². The smallest absolute Gasteiger partial charge is 0.338 e. The Morgan fingerprint density at radius 1 is 1.67 bits per heavy atom. The van der Waals surface area contributed by atoms with Gasteiger partial charge in [0.2, 0.25) is 0 Å². The molecule has 1 aromatic heterocycles. The third-order valence-corrected chi connectivity index (χ3v) is 2.08. The first-order valence-electron chi connectivity index (χ1n) is 4.05. The van der Waals surface area contributed by atoms with Crippen molar-refractivity contribution in [3.8, 4) is 0 Å². The molecule has 3 nitrogen and oxygen atoms in total. The van der Waals surface area contributed by atoms with Gasteiger partial charge in [0.1, 0.15) is 0 Å². The number of aromatic carboxylic acids is 1. The highest BCUT2D eigenvalue weighted by atomic mass is 35.5. The van der Waals surface area contributed by atoms with Crippen molar-refractivity contribution < 1.29 is 18.7 Å². The lowest BCUT2D eigenvalue weighted by atomic mass is 10.1. The van der Waals surface area contributed by atoms with Crippen LogP contribution >= 0.6 is 11.6 Å². The molecule has 0 fully saturated rings. The summed E-state index contributed by atoms with van der Waals surface area (Å²) in [5, 5.41) is 8.79. The summed E-state index contributed by atoms with van der Waals surface area (Å²) in [6.45, 7) is 1.51. The maximum absolute atomic E-state index is 12.6. The molecular weight excluding hydrogens is 228 g/mol. The van der Waals surface area contributed by atoms with E-state index in [2.05, 4.69) is 4.98 Å². The molecule has 0 atom stereocenters. The van der Waals surface area contributed by atoms with Crippen molar-refractivity contribution in [2.45, 2.75) is 19.2 Å². The highest BCUT2D eigenvalue weighted by Gasteiger charge is 2.22. The number of carbonyl (C=O) groups is 1. The molecule has 0 unspecified atom stereocenters. The van der Waals surface area contributed by atoms with Crippen molar-refractivity contribution in [2.24, 2.45) is 0 Å². The third-order valence-electron chi connectivity index (χ3n) is 1.83. The fourth-order valence-electron chi connectivity index (χ4n) is 1.28. The molecule has 82 valence electrons. The Bertz CT molecular complexity index is 396. The molecule has 1 N–H and O–H groups in total. The van der Waals surface area contributed by atoms with Crippen molar-refractivity contribution in [3.63, 3.8) is 0 Å². The summed E-state index contributed by atoms with van der Waals surface area (Å²) in [5.74, 6) is -1.64. The maximum atomic E-state index is 12.6. The summed E-state index contributed by atoms with van der Waals surface area (Å²) in [4.78, 5) is 14.6. The van der Waals surface area contributed by atoms with E-state index < -0.39 is 23.5 Å². The Morgan fingerprint density at radius 2 is 2.27 bits per heavy atom. The molecule has 15 heavy (non-hydrogen) atoms. The van der Waals surface area contributed by atoms with Crippen LogP contribution in [-0.2, 0) is 5.88 Å². The molecule has 0 aliphatic rings. The van der Waals surface area contributed by atoms with Gasteiger partial charge in [0.15, 0.2) is 0 Å². The summed E-state index contributed by atoms with van der Waals surface area (Å²) >= 11 is 5.45. The van der Waals surface area contributed by atoms with Gasteiger partial charge in [-0.1, -0.05) is 0 Å². The Hall–Kier alpha value is -1.23. The lowest BCUT2D eigenvalue weighted by molar-refractivity contribution is 0.0682. The Kier molecular flexibility index (Phi) is 3.57. The van der Waals surface area contributed by atoms with Crippen molar-refractivity contribution in [1.82, 2.24) is 4.98 Å². The van der Waals surface area contributed by atoms with Crippen molar-refractivity contribution >= 4 is 17.6 Å². The van der Waals surface area contributed by atoms with E-state index in [-0.39, 0.29) is 11.6 Å². The molecule has 0 aliphatic carbocycles. The highest BCUT2D eigenvalue weighted by molar-refractivity contribution is 6.17. The molecule has 0 amide bonds. The monoisotopic (exact) mass is 235 g/mol. The molecule has 0 aromatic carbocycles. The number of hydrogen-bond donors (Lipinski definition) is 1. The van der Waals surface area contributed by atoms with E-state index >= 15 is 0 Å². The van der Waals surface area contributed by atoms with Gasteiger partial charge in [-0.25, -0.2) is 13.6 Å². The maximum Gasteiger partial charge on any atom is 0.338 e. The van der Waals surface area contributed by atoms with Crippen LogP contribution in [0.2, 0.25) is 0 Å². The molecule has 0 aliphatic heterocycles. The van der Waals surface area contributed by atoms with Crippen LogP contribution in [0.1, 0.15) is 33.7 Å². The topological polar surface area (TPSA) is 50.2 Å². The molecule has 1 aromatic rings. The number of nitrogens with zero attached hydrogens (tertiary/aromatic N) is 1. The zero-order valence-electron chi connectivity index (χ0n) is 7.80. The number of pyridine rings is 1. The summed E-state index contributed by atoms with van der Waals surface area (Å²) < 4.78 is 25.1. The van der Waals surface area contributed by atoms with Crippen molar-refractivity contribution in [2.75, 3.05) is 0 Å². The van der Waals surface area contributed by atoms with Gasteiger partial charge in [-0.2, -0.15) is 0 Å². The largest absolute Gasteiger partial charge is 0.478 e. The first-order chi connectivity index (χ1) is 6.97. The van der Waals surface area contributed by atoms with E-state index in [9.17, 15) is 13.6 Å². The second-order valence-corrected chi connectivity index (χ2v) is 3.18. The van der Waals surface area contributed by atoms with E-state index in [4.69, 9.17) is 16.7 Å². The quantitative estimate of drug-likeness (QED) is 0.820. The van der Waals surface area contributed by atoms with Gasteiger partial charge in [-0.3, -0.25) is 4.98 Å². The van der Waals surface area contributed by atoms with Gasteiger partial charge >= 0.3 is 5.97 Å². The average molecular weight is 236 g/mol. The summed E-state index contributed by atoms with van der Waals surface area (Å²) in [6.07, 6.45) is -2.85. The predicted octanol–water partition coefficient (Wildman–Crippen LogP) is 2.76. The Morgan fingerprint density at radius 3 is 2.67 bits per heavy atom. The number of aryl methyl sites for hydroxylation is 1. The van der Waals surface area contributed by atoms with Crippen LogP contribution in [0.3, 0.4) is 0 Å². The van der Waals surface area contributed by atoms with Crippen molar-refractivity contribution in [3.05, 3.63) is 28.6 Å². The minimum atomic E-state index is -2.85. The minimum Gasteiger partial charge on any atom is -0.478 e. The van der Waals surface area contributed by atoms with E-state index in [1.54, 1.807) is 0 Å². The van der Waals surface area contributed by atoms with E-state index in [1.165, 1.54) is 6.92 Å². The van der Waals surface area contributed by atoms with Gasteiger partial charge in [0.25, 0.3) is 6.43 Å². The number of rotatable bonds is 3. The predicted molar refractivity (Wildman–Crippen MR) is 50.4 cm³/mol. The van der Waals surface area contributed by atoms with Crippen LogP contribution in [0.15, 0.2) is 6.07 Å². The molecule has 0 saturated carbocycles. The van der Waals surface area contributed by atoms with Crippen LogP contribution < -0.4 is 0 Å². The van der Waals surface area contributed by atoms with Gasteiger partial charge in [-0.15, -0.1) is 11.6 Å². The van der Waals surface area contributed by atoms with E-state index in [1.807, 2.05) is 0 Å². The first-order valence-corrected chi connectivity index (χ1v) is 4.58. The Labute approximate surface area is 89.7 Å². The van der Waals surface area contributed by atoms with Crippen LogP contribution in [0.5, 0.6) is 0 Å². The number of hydrogen-bond acceptors (Lipinski definition) is 2. The van der Waals surface area contributed by atoms with Gasteiger partial charge in [-0.05, 0) is 13.0 Å². The fourth-order valence-corrected chi connectivity index (χ4v) is 1.47. The molecule has 0 saturated heterocycles. The number of carboxylic acids is 1. The molecule has 0 bridgehead atoms. The molecule has 1 rings (SSSR count). The lowest BCUT2D eigenvalue weighted by Gasteiger charge is -2.09. The average Bonchev–Trinajstić information content (AvgIpc) is 2.15. The molecule has 1 heterocycles. The fraction of sp³-hybridized carbons (Fsp3) is 0.333. The highest BCUT2D eigenvalue weighted by Crippen LogP contribution is 2.26. The van der Waals surface area contributed by atoms with Gasteiger partial charge < -0.3 is 5.11 Å². The van der Waals surface area contributed by atoms with Gasteiger partial charge in [0, 0.05) is 11.3 Å². The number of alkyl halides is 3. The second-order valence-electron chi connectivity index (χ2n) is 2.91. The minimum absolute atomic E-state index is 0.0283. The normalized spacial score (nSPS) is 10.7. The molecular formula is C9H8ClF2NO2. The third kappa shape index (κ3) is 2.41. The summed E-state index contributed by atoms with van der Waals surface area (Å²) in [7, 11) is 0. The first kappa shape index (κ1) is 11.8. The number of aromatic nitrogens is 1. The van der Waals surface area contributed by atoms with E-state index in [0.29, 0.717) is 5.69 Å². The summed E-state index contributed by atoms with van der Waals surface area (Å²) in [6, 6.07) is 1.06. The molecule has 6 heteroatoms. The van der Waals surface area contributed by atoms with Crippen LogP contribution in [0, 0.1) is 6.92 Å². The van der Waals surface area contributed by atoms with Crippen LogP contribution in [0.25, 0.3) is 0 Å². The van der Waals surface area contributed by atoms with Crippen LogP contribution in [0.4, 0.5) is 8.78 Å². The lowest BCUT2D eigenvalue weighted by Crippen LogP contribution is -2.10. The van der Waals surface area contributed by atoms with Crippen molar-refractivity contribution in [1.29, 1.82) is 0 Å². The van der Waals surface area contributed by atoms with Crippen LogP contribution in [-0.4, -0.2) is 16.1 Å². The zero-order chi connectivity index (χ0) is 11.6. The second kappa shape index (κ2) is 4.53. The zero-order valence-corrected chi connectivity index (χ0v) is 8.55.